The van der Waals surface area contributed by atoms with E-state index in [0.29, 0.717) is 29.6 Å². The molecule has 0 radical (unpaired) electrons. The van der Waals surface area contributed by atoms with Crippen molar-refractivity contribution in [1.82, 2.24) is 20.1 Å². The minimum Gasteiger partial charge on any atom is -0.346 e. The van der Waals surface area contributed by atoms with E-state index < -0.39 is 0 Å². The summed E-state index contributed by atoms with van der Waals surface area (Å²) in [7, 11) is 0. The fourth-order valence-corrected chi connectivity index (χ4v) is 4.08. The topological polar surface area (TPSA) is 59.8 Å². The van der Waals surface area contributed by atoms with Gasteiger partial charge in [0.15, 0.2) is 0 Å². The van der Waals surface area contributed by atoms with Crippen LogP contribution in [0.15, 0.2) is 29.6 Å². The molecule has 1 N–H and O–H groups in total. The molecule has 140 valence electrons. The Labute approximate surface area is 167 Å². The molecule has 0 bridgehead atoms. The Kier molecular flexibility index (Phi) is 5.02. The highest BCUT2D eigenvalue weighted by Crippen LogP contribution is 2.41. The maximum Gasteiger partial charge on any atom is 0.251 e. The van der Waals surface area contributed by atoms with E-state index in [1.807, 2.05) is 48.2 Å². The summed E-state index contributed by atoms with van der Waals surface area (Å²) >= 11 is 7.89. The first-order valence-electron chi connectivity index (χ1n) is 9.02. The van der Waals surface area contributed by atoms with Crippen LogP contribution in [0.4, 0.5) is 0 Å². The molecule has 0 atom stereocenters. The van der Waals surface area contributed by atoms with Gasteiger partial charge in [0.1, 0.15) is 0 Å². The zero-order valence-electron chi connectivity index (χ0n) is 15.3. The maximum absolute atomic E-state index is 12.4. The predicted octanol–water partition coefficient (Wildman–Crippen LogP) is 4.47. The molecule has 0 unspecified atom stereocenters. The number of amides is 1. The summed E-state index contributed by atoms with van der Waals surface area (Å²) in [6, 6.07) is 7.59. The number of carbonyl (C=O) groups excluding carboxylic acids is 1. The second-order valence-corrected chi connectivity index (χ2v) is 8.24. The van der Waals surface area contributed by atoms with Crippen LogP contribution in [0.3, 0.4) is 0 Å². The van der Waals surface area contributed by atoms with Crippen LogP contribution in [0, 0.1) is 13.8 Å². The van der Waals surface area contributed by atoms with Crippen LogP contribution in [0.5, 0.6) is 0 Å². The van der Waals surface area contributed by atoms with Gasteiger partial charge in [-0.15, -0.1) is 11.3 Å². The summed E-state index contributed by atoms with van der Waals surface area (Å²) < 4.78 is 1.88. The Morgan fingerprint density at radius 2 is 2.04 bits per heavy atom. The molecule has 7 heteroatoms. The number of aryl methyl sites for hydroxylation is 1. The van der Waals surface area contributed by atoms with Crippen molar-refractivity contribution in [2.45, 2.75) is 45.7 Å². The number of hydrogen-bond donors (Lipinski definition) is 1. The van der Waals surface area contributed by atoms with E-state index in [0.717, 1.165) is 22.6 Å². The Balaban J connectivity index is 1.35. The van der Waals surface area contributed by atoms with E-state index >= 15 is 0 Å². The number of rotatable bonds is 6. The van der Waals surface area contributed by atoms with Gasteiger partial charge in [-0.25, -0.2) is 4.98 Å². The lowest BCUT2D eigenvalue weighted by Crippen LogP contribution is -2.23. The predicted molar refractivity (Wildman–Crippen MR) is 108 cm³/mol. The van der Waals surface area contributed by atoms with Gasteiger partial charge in [-0.05, 0) is 44.4 Å². The molecular weight excluding hydrogens is 380 g/mol. The first-order chi connectivity index (χ1) is 13.0. The van der Waals surface area contributed by atoms with E-state index in [1.54, 1.807) is 11.3 Å². The molecule has 1 amide bonds. The van der Waals surface area contributed by atoms with Crippen LogP contribution >= 0.6 is 22.9 Å². The number of hydrogen-bond acceptors (Lipinski definition) is 4. The van der Waals surface area contributed by atoms with Crippen LogP contribution in [-0.2, 0) is 13.1 Å². The van der Waals surface area contributed by atoms with Gasteiger partial charge in [0.25, 0.3) is 5.91 Å². The Morgan fingerprint density at radius 3 is 2.67 bits per heavy atom. The first kappa shape index (κ1) is 18.2. The number of nitrogens with zero attached hydrogens (tertiary/aromatic N) is 3. The fraction of sp³-hybridized carbons (Fsp3) is 0.350. The highest BCUT2D eigenvalue weighted by molar-refractivity contribution is 7.09. The van der Waals surface area contributed by atoms with Crippen molar-refractivity contribution in [3.05, 3.63) is 67.9 Å². The average Bonchev–Trinajstić information content (AvgIpc) is 3.37. The molecule has 1 aromatic carbocycles. The van der Waals surface area contributed by atoms with Gasteiger partial charge in [-0.1, -0.05) is 23.7 Å². The number of thiazole rings is 1. The van der Waals surface area contributed by atoms with Gasteiger partial charge in [-0.2, -0.15) is 5.10 Å². The van der Waals surface area contributed by atoms with Crippen molar-refractivity contribution in [1.29, 1.82) is 0 Å². The number of halogens is 1. The summed E-state index contributed by atoms with van der Waals surface area (Å²) in [5.74, 6) is 0.570. The van der Waals surface area contributed by atoms with Crippen LogP contribution in [0.1, 0.15) is 56.8 Å². The van der Waals surface area contributed by atoms with Gasteiger partial charge >= 0.3 is 0 Å². The van der Waals surface area contributed by atoms with Gasteiger partial charge in [0, 0.05) is 16.9 Å². The second-order valence-electron chi connectivity index (χ2n) is 6.97. The molecule has 2 heterocycles. The van der Waals surface area contributed by atoms with E-state index in [-0.39, 0.29) is 5.91 Å². The molecule has 1 saturated carbocycles. The standard InChI is InChI=1S/C20H21ClN4OS/c1-12-18(21)13(2)25(24-12)10-14-3-5-15(6-4-14)19(26)22-9-17-11-27-20(23-17)16-7-8-16/h3-6,11,16H,7-10H2,1-2H3,(H,22,26). The van der Waals surface area contributed by atoms with Crippen molar-refractivity contribution >= 4 is 28.8 Å². The molecule has 5 nitrogen and oxygen atoms in total. The minimum absolute atomic E-state index is 0.0864. The molecule has 27 heavy (non-hydrogen) atoms. The lowest BCUT2D eigenvalue weighted by molar-refractivity contribution is 0.0950. The third-order valence-corrected chi connectivity index (χ3v) is 6.37. The molecule has 1 fully saturated rings. The third kappa shape index (κ3) is 4.06. The molecule has 1 aliphatic carbocycles. The monoisotopic (exact) mass is 400 g/mol. The maximum atomic E-state index is 12.4. The van der Waals surface area contributed by atoms with Gasteiger partial charge < -0.3 is 5.32 Å². The van der Waals surface area contributed by atoms with E-state index in [9.17, 15) is 4.79 Å². The van der Waals surface area contributed by atoms with E-state index in [4.69, 9.17) is 11.6 Å². The number of carbonyl (C=O) groups is 1. The van der Waals surface area contributed by atoms with Crippen LogP contribution < -0.4 is 5.32 Å². The smallest absolute Gasteiger partial charge is 0.251 e. The van der Waals surface area contributed by atoms with Crippen LogP contribution in [0.2, 0.25) is 5.02 Å². The summed E-state index contributed by atoms with van der Waals surface area (Å²) in [6.45, 7) is 4.95. The average molecular weight is 401 g/mol. The van der Waals surface area contributed by atoms with Crippen molar-refractivity contribution in [2.75, 3.05) is 0 Å². The minimum atomic E-state index is -0.0864. The SMILES string of the molecule is Cc1nn(Cc2ccc(C(=O)NCc3csc(C4CC4)n3)cc2)c(C)c1Cl. The molecule has 4 rings (SSSR count). The first-order valence-corrected chi connectivity index (χ1v) is 10.3. The zero-order valence-corrected chi connectivity index (χ0v) is 16.9. The third-order valence-electron chi connectivity index (χ3n) is 4.77. The lowest BCUT2D eigenvalue weighted by Gasteiger charge is -2.07. The normalized spacial score (nSPS) is 13.7. The molecule has 1 aliphatic rings. The Hall–Kier alpha value is -2.18. The van der Waals surface area contributed by atoms with Crippen LogP contribution in [0.25, 0.3) is 0 Å². The van der Waals surface area contributed by atoms with Crippen molar-refractivity contribution < 1.29 is 4.79 Å². The Bertz CT molecular complexity index is 973. The van der Waals surface area contributed by atoms with Gasteiger partial charge in [0.05, 0.1) is 40.2 Å². The number of aromatic nitrogens is 3. The summed E-state index contributed by atoms with van der Waals surface area (Å²) in [6.07, 6.45) is 2.49. The van der Waals surface area contributed by atoms with Crippen molar-refractivity contribution in [2.24, 2.45) is 0 Å². The highest BCUT2D eigenvalue weighted by Gasteiger charge is 2.26. The molecule has 0 spiro atoms. The number of benzene rings is 1. The van der Waals surface area contributed by atoms with Gasteiger partial charge in [-0.3, -0.25) is 9.48 Å². The quantitative estimate of drug-likeness (QED) is 0.664. The van der Waals surface area contributed by atoms with Gasteiger partial charge in [0.2, 0.25) is 0 Å². The molecule has 0 saturated heterocycles. The van der Waals surface area contributed by atoms with Crippen LogP contribution in [-0.4, -0.2) is 20.7 Å². The van der Waals surface area contributed by atoms with E-state index in [2.05, 4.69) is 15.4 Å². The molecule has 0 aliphatic heterocycles. The second kappa shape index (κ2) is 7.44. The van der Waals surface area contributed by atoms with Crippen molar-refractivity contribution in [3.63, 3.8) is 0 Å². The summed E-state index contributed by atoms with van der Waals surface area (Å²) in [5.41, 5.74) is 4.43. The highest BCUT2D eigenvalue weighted by atomic mass is 35.5. The molecule has 2 aromatic heterocycles. The van der Waals surface area contributed by atoms with Crippen molar-refractivity contribution in [3.8, 4) is 0 Å². The molecular formula is C20H21ClN4OS. The summed E-state index contributed by atoms with van der Waals surface area (Å²) in [5, 5.41) is 11.3. The lowest BCUT2D eigenvalue weighted by atomic mass is 10.1. The molecule has 3 aromatic rings. The summed E-state index contributed by atoms with van der Waals surface area (Å²) in [4.78, 5) is 17.0. The largest absolute Gasteiger partial charge is 0.346 e. The van der Waals surface area contributed by atoms with E-state index in [1.165, 1.54) is 17.8 Å². The fourth-order valence-electron chi connectivity index (χ4n) is 2.96. The Morgan fingerprint density at radius 1 is 1.30 bits per heavy atom. The number of nitrogens with one attached hydrogen (secondary N) is 1. The zero-order chi connectivity index (χ0) is 19.0.